The first-order chi connectivity index (χ1) is 7.55. The summed E-state index contributed by atoms with van der Waals surface area (Å²) in [5.41, 5.74) is -0.118. The molecule has 0 amide bonds. The minimum Gasteiger partial charge on any atom is -0.375 e. The van der Waals surface area contributed by atoms with Crippen molar-refractivity contribution in [3.63, 3.8) is 0 Å². The zero-order chi connectivity index (χ0) is 13.6. The van der Waals surface area contributed by atoms with Gasteiger partial charge in [0, 0.05) is 14.1 Å². The molecule has 0 radical (unpaired) electrons. The molecule has 0 fully saturated rings. The lowest BCUT2D eigenvalue weighted by molar-refractivity contribution is -1.92. The number of hydrogen-bond donors (Lipinski definition) is 0. The summed E-state index contributed by atoms with van der Waals surface area (Å²) in [4.78, 5) is 5.31. The minimum atomic E-state index is -4.47. The molecule has 17 heavy (non-hydrogen) atoms. The van der Waals surface area contributed by atoms with Gasteiger partial charge in [0.2, 0.25) is 0 Å². The van der Waals surface area contributed by atoms with E-state index in [9.17, 15) is 14.0 Å². The van der Waals surface area contributed by atoms with Gasteiger partial charge in [0.05, 0.1) is 0 Å². The van der Waals surface area contributed by atoms with Gasteiger partial charge in [-0.3, -0.25) is 9.80 Å². The fourth-order valence-corrected chi connectivity index (χ4v) is 2.53. The average molecular weight is 268 g/mol. The first-order valence-electron chi connectivity index (χ1n) is 4.93. The van der Waals surface area contributed by atoms with Gasteiger partial charge in [-0.1, -0.05) is 4.29 Å². The van der Waals surface area contributed by atoms with Crippen LogP contribution in [0.5, 0.6) is 0 Å². The largest absolute Gasteiger partial charge is 0.375 e. The highest BCUT2D eigenvalue weighted by Crippen LogP contribution is 2.51. The summed E-state index contributed by atoms with van der Waals surface area (Å²) in [7, 11) is 6.20. The lowest BCUT2D eigenvalue weighted by Gasteiger charge is -2.33. The predicted octanol–water partition coefficient (Wildman–Crippen LogP) is -3.49. The van der Waals surface area contributed by atoms with Gasteiger partial charge in [-0.2, -0.15) is 14.0 Å². The van der Waals surface area contributed by atoms with Crippen molar-refractivity contribution in [2.24, 2.45) is 0 Å². The summed E-state index contributed by atoms with van der Waals surface area (Å²) in [6.07, 6.45) is 0. The van der Waals surface area contributed by atoms with Crippen LogP contribution in [-0.4, -0.2) is 62.6 Å². The van der Waals surface area contributed by atoms with Gasteiger partial charge in [-0.05, 0) is 28.2 Å². The Morgan fingerprint density at radius 2 is 1.35 bits per heavy atom. The van der Waals surface area contributed by atoms with Crippen LogP contribution in [0, 0.1) is 10.2 Å². The number of nitrogens with zero attached hydrogens (tertiary/aromatic N) is 3. The maximum atomic E-state index is 10.7. The minimum absolute atomic E-state index is 0.147. The molecular weight excluding hydrogens is 250 g/mol. The van der Waals surface area contributed by atoms with Crippen LogP contribution in [0.1, 0.15) is 0 Å². The zero-order valence-corrected chi connectivity index (χ0v) is 11.6. The van der Waals surface area contributed by atoms with Crippen LogP contribution in [0.3, 0.4) is 0 Å². The van der Waals surface area contributed by atoms with Gasteiger partial charge in [0.1, 0.15) is 15.9 Å². The molecule has 7 nitrogen and oxygen atoms in total. The Hall–Kier alpha value is -0.570. The molecule has 0 spiro atoms. The van der Waals surface area contributed by atoms with E-state index in [1.54, 1.807) is 57.0 Å². The number of likely N-dealkylation sites (N-methyl/N-ethyl adjacent to an activating group) is 3. The maximum absolute atomic E-state index is 10.7. The van der Waals surface area contributed by atoms with E-state index >= 15 is 0 Å². The number of halogens is 1. The Morgan fingerprint density at radius 3 is 1.53 bits per heavy atom. The van der Waals surface area contributed by atoms with Crippen molar-refractivity contribution in [3.8, 4) is 0 Å². The van der Waals surface area contributed by atoms with Gasteiger partial charge < -0.3 is 4.90 Å². The van der Waals surface area contributed by atoms with Crippen LogP contribution >= 0.6 is 0 Å². The van der Waals surface area contributed by atoms with E-state index in [1.165, 1.54) is 0 Å². The summed E-state index contributed by atoms with van der Waals surface area (Å²) in [5.74, 6) is 0.147. The zero-order valence-electron chi connectivity index (χ0n) is 10.9. The van der Waals surface area contributed by atoms with E-state index in [-0.39, 0.29) is 5.76 Å². The third kappa shape index (κ3) is 2.35. The molecule has 1 aliphatic rings. The van der Waals surface area contributed by atoms with Crippen molar-refractivity contribution in [3.05, 3.63) is 11.5 Å². The first-order valence-corrected chi connectivity index (χ1v) is 6.16. The molecule has 0 aromatic rings. The van der Waals surface area contributed by atoms with Gasteiger partial charge in [0.25, 0.3) is 0 Å². The van der Waals surface area contributed by atoms with Crippen molar-refractivity contribution < 1.29 is 28.5 Å². The van der Waals surface area contributed by atoms with Crippen molar-refractivity contribution in [2.45, 2.75) is 5.66 Å². The second-order valence-electron chi connectivity index (χ2n) is 4.49. The molecular formula is C9H18ClN3O4. The van der Waals surface area contributed by atoms with E-state index in [2.05, 4.69) is 4.29 Å². The molecule has 0 saturated carbocycles. The summed E-state index contributed by atoms with van der Waals surface area (Å²) < 4.78 is 36.6. The molecule has 0 aromatic heterocycles. The molecule has 0 N–H and O–H groups in total. The van der Waals surface area contributed by atoms with E-state index < -0.39 is 15.9 Å². The number of hydrogen-bond acceptors (Lipinski definition) is 7. The topological polar surface area (TPSA) is 88.1 Å². The van der Waals surface area contributed by atoms with Crippen molar-refractivity contribution in [1.82, 2.24) is 14.7 Å². The summed E-state index contributed by atoms with van der Waals surface area (Å²) in [6, 6.07) is 0. The standard InChI is InChI=1S/C9H18ClN3O4/c1-11(2)7-8(17-10(14,15)16)9(7,12(3)4)13(5)6/h1-6H3. The Morgan fingerprint density at radius 1 is 0.941 bits per heavy atom. The maximum Gasteiger partial charge on any atom is 0.328 e. The van der Waals surface area contributed by atoms with E-state index in [0.717, 1.165) is 0 Å². The van der Waals surface area contributed by atoms with Gasteiger partial charge in [0.15, 0.2) is 5.66 Å². The molecule has 1 aliphatic carbocycles. The molecule has 1 rings (SSSR count). The second kappa shape index (κ2) is 4.27. The Balaban J connectivity index is 3.06. The number of rotatable bonds is 5. The van der Waals surface area contributed by atoms with Gasteiger partial charge in [-0.15, -0.1) is 0 Å². The predicted molar refractivity (Wildman–Crippen MR) is 51.9 cm³/mol. The highest BCUT2D eigenvalue weighted by Gasteiger charge is 2.68. The quantitative estimate of drug-likeness (QED) is 0.478. The highest BCUT2D eigenvalue weighted by molar-refractivity contribution is 5.49. The van der Waals surface area contributed by atoms with E-state index in [0.29, 0.717) is 5.70 Å². The molecule has 0 heterocycles. The molecule has 0 saturated heterocycles. The third-order valence-electron chi connectivity index (χ3n) is 2.71. The van der Waals surface area contributed by atoms with Crippen LogP contribution in [0.4, 0.5) is 0 Å². The summed E-state index contributed by atoms with van der Waals surface area (Å²) in [5, 5.41) is 0. The SMILES string of the molecule is CN(C)C1=C(O[Cl+3]([O-])([O-])[O-])C1(N(C)C)N(C)C. The average Bonchev–Trinajstić information content (AvgIpc) is 2.70. The van der Waals surface area contributed by atoms with Crippen LogP contribution in [0.25, 0.3) is 0 Å². The fourth-order valence-electron chi connectivity index (χ4n) is 2.16. The first kappa shape index (κ1) is 14.5. The summed E-state index contributed by atoms with van der Waals surface area (Å²) >= 11 is 0. The van der Waals surface area contributed by atoms with Gasteiger partial charge >= 0.3 is 5.76 Å². The monoisotopic (exact) mass is 267 g/mol. The Kier molecular flexibility index (Phi) is 3.64. The van der Waals surface area contributed by atoms with E-state index in [4.69, 9.17) is 0 Å². The molecule has 8 heteroatoms. The second-order valence-corrected chi connectivity index (χ2v) is 5.40. The lowest BCUT2D eigenvalue weighted by atomic mass is 10.3. The Labute approximate surface area is 103 Å². The Bertz CT molecular complexity index is 328. The van der Waals surface area contributed by atoms with E-state index in [1.807, 2.05) is 0 Å². The van der Waals surface area contributed by atoms with Gasteiger partial charge in [-0.25, -0.2) is 0 Å². The lowest BCUT2D eigenvalue weighted by Crippen LogP contribution is -2.61. The smallest absolute Gasteiger partial charge is 0.328 e. The summed E-state index contributed by atoms with van der Waals surface area (Å²) in [6.45, 7) is 0. The van der Waals surface area contributed by atoms with Crippen LogP contribution < -0.4 is 14.0 Å². The fraction of sp³-hybridized carbons (Fsp3) is 0.778. The van der Waals surface area contributed by atoms with Crippen molar-refractivity contribution >= 4 is 0 Å². The van der Waals surface area contributed by atoms with Crippen LogP contribution in [-0.2, 0) is 4.29 Å². The molecule has 0 aliphatic heterocycles. The molecule has 0 atom stereocenters. The highest BCUT2D eigenvalue weighted by atomic mass is 35.7. The van der Waals surface area contributed by atoms with Crippen LogP contribution in [0.15, 0.2) is 11.5 Å². The third-order valence-corrected chi connectivity index (χ3v) is 3.06. The van der Waals surface area contributed by atoms with Crippen molar-refractivity contribution in [2.75, 3.05) is 42.3 Å². The molecule has 0 bridgehead atoms. The molecule has 100 valence electrons. The molecule has 0 aromatic carbocycles. The van der Waals surface area contributed by atoms with Crippen LogP contribution in [0.2, 0.25) is 0 Å². The molecule has 0 unspecified atom stereocenters. The van der Waals surface area contributed by atoms with Crippen molar-refractivity contribution in [1.29, 1.82) is 0 Å². The normalized spacial score (nSPS) is 19.0.